The van der Waals surface area contributed by atoms with Crippen molar-refractivity contribution in [3.05, 3.63) is 0 Å². The van der Waals surface area contributed by atoms with Crippen molar-refractivity contribution in [2.75, 3.05) is 13.2 Å². The van der Waals surface area contributed by atoms with Gasteiger partial charge in [0.15, 0.2) is 0 Å². The lowest BCUT2D eigenvalue weighted by Crippen LogP contribution is -2.24. The molecule has 1 unspecified atom stereocenters. The maximum Gasteiger partial charge on any atom is 0.138 e. The SMILES string of the molecule is CCC(=O)C1CCCOC1. The Morgan fingerprint density at radius 2 is 2.50 bits per heavy atom. The van der Waals surface area contributed by atoms with Crippen LogP contribution in [-0.4, -0.2) is 19.0 Å². The summed E-state index contributed by atoms with van der Waals surface area (Å²) in [4.78, 5) is 11.1. The Morgan fingerprint density at radius 3 is 3.00 bits per heavy atom. The molecule has 0 aromatic carbocycles. The minimum Gasteiger partial charge on any atom is -0.381 e. The average molecular weight is 142 g/mol. The molecule has 0 N–H and O–H groups in total. The highest BCUT2D eigenvalue weighted by molar-refractivity contribution is 5.80. The van der Waals surface area contributed by atoms with E-state index >= 15 is 0 Å². The summed E-state index contributed by atoms with van der Waals surface area (Å²) in [6, 6.07) is 0. The van der Waals surface area contributed by atoms with Crippen molar-refractivity contribution in [3.8, 4) is 0 Å². The summed E-state index contributed by atoms with van der Waals surface area (Å²) in [5, 5.41) is 0. The van der Waals surface area contributed by atoms with Gasteiger partial charge in [-0.3, -0.25) is 4.79 Å². The van der Waals surface area contributed by atoms with E-state index in [4.69, 9.17) is 4.74 Å². The third kappa shape index (κ3) is 1.81. The molecule has 58 valence electrons. The zero-order chi connectivity index (χ0) is 7.40. The van der Waals surface area contributed by atoms with E-state index in [0.717, 1.165) is 19.4 Å². The predicted octanol–water partition coefficient (Wildman–Crippen LogP) is 1.39. The molecule has 0 saturated carbocycles. The Morgan fingerprint density at radius 1 is 1.70 bits per heavy atom. The van der Waals surface area contributed by atoms with E-state index in [1.807, 2.05) is 6.92 Å². The molecule has 10 heavy (non-hydrogen) atoms. The molecule has 2 nitrogen and oxygen atoms in total. The molecule has 0 bridgehead atoms. The molecule has 0 aliphatic carbocycles. The molecule has 0 spiro atoms. The summed E-state index contributed by atoms with van der Waals surface area (Å²) < 4.78 is 5.18. The second-order valence-electron chi connectivity index (χ2n) is 2.73. The fourth-order valence-electron chi connectivity index (χ4n) is 1.28. The molecular weight excluding hydrogens is 128 g/mol. The molecule has 1 aliphatic heterocycles. The first-order valence-electron chi connectivity index (χ1n) is 3.95. The van der Waals surface area contributed by atoms with E-state index in [0.29, 0.717) is 18.8 Å². The largest absolute Gasteiger partial charge is 0.381 e. The fourth-order valence-corrected chi connectivity index (χ4v) is 1.28. The average Bonchev–Trinajstić information content (AvgIpc) is 2.05. The number of rotatable bonds is 2. The fraction of sp³-hybridized carbons (Fsp3) is 0.875. The number of ether oxygens (including phenoxy) is 1. The highest BCUT2D eigenvalue weighted by Crippen LogP contribution is 2.15. The number of Topliss-reactive ketones (excluding diaryl/α,β-unsaturated/α-hetero) is 1. The Balaban J connectivity index is 2.31. The lowest BCUT2D eigenvalue weighted by molar-refractivity contribution is -0.126. The highest BCUT2D eigenvalue weighted by Gasteiger charge is 2.19. The van der Waals surface area contributed by atoms with Gasteiger partial charge in [0.1, 0.15) is 5.78 Å². The molecule has 1 saturated heterocycles. The zero-order valence-corrected chi connectivity index (χ0v) is 6.43. The molecule has 0 amide bonds. The van der Waals surface area contributed by atoms with Gasteiger partial charge in [0.05, 0.1) is 6.61 Å². The van der Waals surface area contributed by atoms with Crippen LogP contribution in [0.1, 0.15) is 26.2 Å². The summed E-state index contributed by atoms with van der Waals surface area (Å²) in [6.07, 6.45) is 2.75. The monoisotopic (exact) mass is 142 g/mol. The normalized spacial score (nSPS) is 26.3. The van der Waals surface area contributed by atoms with Crippen molar-refractivity contribution < 1.29 is 9.53 Å². The lowest BCUT2D eigenvalue weighted by Gasteiger charge is -2.19. The summed E-state index contributed by atoms with van der Waals surface area (Å²) in [6.45, 7) is 3.41. The summed E-state index contributed by atoms with van der Waals surface area (Å²) in [5.74, 6) is 0.568. The van der Waals surface area contributed by atoms with Crippen LogP contribution in [-0.2, 0) is 9.53 Å². The maximum absolute atomic E-state index is 11.1. The quantitative estimate of drug-likeness (QED) is 0.582. The third-order valence-corrected chi connectivity index (χ3v) is 1.96. The van der Waals surface area contributed by atoms with Crippen LogP contribution in [0.2, 0.25) is 0 Å². The van der Waals surface area contributed by atoms with E-state index in [1.54, 1.807) is 0 Å². The van der Waals surface area contributed by atoms with Crippen LogP contribution in [0.3, 0.4) is 0 Å². The van der Waals surface area contributed by atoms with Crippen molar-refractivity contribution in [2.24, 2.45) is 5.92 Å². The predicted molar refractivity (Wildman–Crippen MR) is 38.8 cm³/mol. The van der Waals surface area contributed by atoms with Gasteiger partial charge in [-0.2, -0.15) is 0 Å². The first-order valence-corrected chi connectivity index (χ1v) is 3.95. The maximum atomic E-state index is 11.1. The molecule has 1 rings (SSSR count). The number of carbonyl (C=O) groups excluding carboxylic acids is 1. The summed E-state index contributed by atoms with van der Waals surface area (Å²) >= 11 is 0. The number of hydrogen-bond acceptors (Lipinski definition) is 2. The molecule has 2 heteroatoms. The minimum atomic E-state index is 0.207. The van der Waals surface area contributed by atoms with Crippen molar-refractivity contribution in [2.45, 2.75) is 26.2 Å². The molecule has 0 aromatic heterocycles. The van der Waals surface area contributed by atoms with Crippen molar-refractivity contribution in [1.82, 2.24) is 0 Å². The van der Waals surface area contributed by atoms with Crippen molar-refractivity contribution in [1.29, 1.82) is 0 Å². The Hall–Kier alpha value is -0.370. The van der Waals surface area contributed by atoms with Crippen LogP contribution in [0.5, 0.6) is 0 Å². The topological polar surface area (TPSA) is 26.3 Å². The van der Waals surface area contributed by atoms with Gasteiger partial charge in [-0.25, -0.2) is 0 Å². The lowest BCUT2D eigenvalue weighted by atomic mass is 9.96. The van der Waals surface area contributed by atoms with Gasteiger partial charge in [-0.1, -0.05) is 6.92 Å². The van der Waals surface area contributed by atoms with Gasteiger partial charge in [0.2, 0.25) is 0 Å². The summed E-state index contributed by atoms with van der Waals surface area (Å²) in [5.41, 5.74) is 0. The van der Waals surface area contributed by atoms with Crippen LogP contribution in [0, 0.1) is 5.92 Å². The molecule has 1 fully saturated rings. The Labute approximate surface area is 61.6 Å². The van der Waals surface area contributed by atoms with Crippen LogP contribution >= 0.6 is 0 Å². The molecule has 1 heterocycles. The van der Waals surface area contributed by atoms with Gasteiger partial charge in [0, 0.05) is 18.9 Å². The zero-order valence-electron chi connectivity index (χ0n) is 6.43. The third-order valence-electron chi connectivity index (χ3n) is 1.96. The van der Waals surface area contributed by atoms with Crippen molar-refractivity contribution in [3.63, 3.8) is 0 Å². The van der Waals surface area contributed by atoms with E-state index in [2.05, 4.69) is 0 Å². The van der Waals surface area contributed by atoms with E-state index in [9.17, 15) is 4.79 Å². The van der Waals surface area contributed by atoms with Crippen LogP contribution < -0.4 is 0 Å². The minimum absolute atomic E-state index is 0.207. The Bertz CT molecular complexity index is 114. The molecule has 1 aliphatic rings. The van der Waals surface area contributed by atoms with Gasteiger partial charge >= 0.3 is 0 Å². The number of hydrogen-bond donors (Lipinski definition) is 0. The second-order valence-corrected chi connectivity index (χ2v) is 2.73. The molecule has 0 radical (unpaired) electrons. The van der Waals surface area contributed by atoms with Gasteiger partial charge in [0.25, 0.3) is 0 Å². The number of ketones is 1. The van der Waals surface area contributed by atoms with Crippen molar-refractivity contribution >= 4 is 5.78 Å². The first-order chi connectivity index (χ1) is 4.84. The van der Waals surface area contributed by atoms with Gasteiger partial charge in [-0.05, 0) is 12.8 Å². The van der Waals surface area contributed by atoms with Crippen LogP contribution in [0.15, 0.2) is 0 Å². The molecule has 1 atom stereocenters. The van der Waals surface area contributed by atoms with Crippen LogP contribution in [0.4, 0.5) is 0 Å². The standard InChI is InChI=1S/C8H14O2/c1-2-8(9)7-4-3-5-10-6-7/h7H,2-6H2,1H3. The molecular formula is C8H14O2. The van der Waals surface area contributed by atoms with Gasteiger partial charge in [-0.15, -0.1) is 0 Å². The smallest absolute Gasteiger partial charge is 0.138 e. The van der Waals surface area contributed by atoms with Crippen LogP contribution in [0.25, 0.3) is 0 Å². The first kappa shape index (κ1) is 7.73. The van der Waals surface area contributed by atoms with E-state index in [1.165, 1.54) is 0 Å². The van der Waals surface area contributed by atoms with Gasteiger partial charge < -0.3 is 4.74 Å². The Kier molecular flexibility index (Phi) is 2.87. The number of carbonyl (C=O) groups is 1. The summed E-state index contributed by atoms with van der Waals surface area (Å²) in [7, 11) is 0. The molecule has 0 aromatic rings. The second kappa shape index (κ2) is 3.71. The highest BCUT2D eigenvalue weighted by atomic mass is 16.5. The van der Waals surface area contributed by atoms with E-state index in [-0.39, 0.29) is 5.92 Å². The van der Waals surface area contributed by atoms with E-state index < -0.39 is 0 Å².